The van der Waals surface area contributed by atoms with Crippen molar-refractivity contribution in [2.24, 2.45) is 5.73 Å². The van der Waals surface area contributed by atoms with Crippen LogP contribution in [0.3, 0.4) is 0 Å². The van der Waals surface area contributed by atoms with Gasteiger partial charge in [-0.1, -0.05) is 0 Å². The summed E-state index contributed by atoms with van der Waals surface area (Å²) < 4.78 is 32.9. The van der Waals surface area contributed by atoms with Gasteiger partial charge in [0.1, 0.15) is 23.2 Å². The normalized spacial score (nSPS) is 11.7. The topological polar surface area (TPSA) is 130 Å². The monoisotopic (exact) mass is 404 g/mol. The van der Waals surface area contributed by atoms with Gasteiger partial charge in [0, 0.05) is 41.2 Å². The molecule has 5 N–H and O–H groups in total. The van der Waals surface area contributed by atoms with Gasteiger partial charge in [-0.3, -0.25) is 4.68 Å². The van der Waals surface area contributed by atoms with Gasteiger partial charge in [-0.25, -0.2) is 23.7 Å². The smallest absolute Gasteiger partial charge is 0.297 e. The van der Waals surface area contributed by atoms with Crippen LogP contribution in [0.25, 0.3) is 11.1 Å². The zero-order valence-electron chi connectivity index (χ0n) is 16.2. The van der Waals surface area contributed by atoms with Crippen molar-refractivity contribution in [2.45, 2.75) is 32.4 Å². The average molecular weight is 404 g/mol. The Morgan fingerprint density at radius 1 is 1.21 bits per heavy atom. The highest BCUT2D eigenvalue weighted by Crippen LogP contribution is 2.32. The fourth-order valence-corrected chi connectivity index (χ4v) is 2.68. The van der Waals surface area contributed by atoms with E-state index in [1.165, 1.54) is 13.2 Å². The molecule has 3 aromatic heterocycles. The van der Waals surface area contributed by atoms with Gasteiger partial charge in [-0.2, -0.15) is 5.10 Å². The number of rotatable bonds is 7. The molecule has 0 spiro atoms. The molecule has 0 unspecified atom stereocenters. The Morgan fingerprint density at radius 2 is 1.97 bits per heavy atom. The van der Waals surface area contributed by atoms with Gasteiger partial charge < -0.3 is 21.5 Å². The fourth-order valence-electron chi connectivity index (χ4n) is 2.68. The Morgan fingerprint density at radius 3 is 2.62 bits per heavy atom. The first-order chi connectivity index (χ1) is 13.6. The molecule has 0 aromatic carbocycles. The summed E-state index contributed by atoms with van der Waals surface area (Å²) in [5, 5.41) is 7.15. The lowest BCUT2D eigenvalue weighted by Crippen LogP contribution is -2.37. The molecule has 0 amide bonds. The highest BCUT2D eigenvalue weighted by Gasteiger charge is 2.16. The number of halogens is 2. The number of nitrogens with zero attached hydrogens (tertiary/aromatic N) is 5. The second kappa shape index (κ2) is 7.95. The van der Waals surface area contributed by atoms with Gasteiger partial charge in [0.2, 0.25) is 0 Å². The first-order valence-corrected chi connectivity index (χ1v) is 8.70. The summed E-state index contributed by atoms with van der Waals surface area (Å²) in [5.41, 5.74) is 12.7. The molecule has 0 fully saturated rings. The Hall–Kier alpha value is -3.34. The van der Waals surface area contributed by atoms with Crippen LogP contribution in [-0.4, -0.2) is 37.4 Å². The van der Waals surface area contributed by atoms with Crippen molar-refractivity contribution in [2.75, 3.05) is 18.2 Å². The number of pyridine rings is 1. The zero-order valence-corrected chi connectivity index (χ0v) is 16.2. The third-order valence-corrected chi connectivity index (χ3v) is 3.81. The number of hydrogen-bond acceptors (Lipinski definition) is 8. The number of alkyl halides is 2. The minimum Gasteiger partial charge on any atom is -0.496 e. The van der Waals surface area contributed by atoms with Crippen molar-refractivity contribution in [1.82, 2.24) is 24.7 Å². The van der Waals surface area contributed by atoms with Crippen LogP contribution in [-0.2, 0) is 6.54 Å². The van der Waals surface area contributed by atoms with Crippen molar-refractivity contribution in [3.05, 3.63) is 36.5 Å². The molecular formula is C18H22F2N8O. The predicted octanol–water partition coefficient (Wildman–Crippen LogP) is 2.74. The van der Waals surface area contributed by atoms with E-state index >= 15 is 0 Å². The highest BCUT2D eigenvalue weighted by atomic mass is 19.3. The number of aromatic nitrogens is 5. The first kappa shape index (κ1) is 20.4. The number of methoxy groups -OCH3 is 1. The van der Waals surface area contributed by atoms with Crippen molar-refractivity contribution in [3.63, 3.8) is 0 Å². The third-order valence-electron chi connectivity index (χ3n) is 3.81. The van der Waals surface area contributed by atoms with Crippen molar-refractivity contribution >= 4 is 17.5 Å². The summed E-state index contributed by atoms with van der Waals surface area (Å²) in [6.07, 6.45) is 2.30. The van der Waals surface area contributed by atoms with Crippen LogP contribution in [0.5, 0.6) is 5.75 Å². The van der Waals surface area contributed by atoms with Crippen LogP contribution in [0.2, 0.25) is 0 Å². The van der Waals surface area contributed by atoms with Crippen LogP contribution >= 0.6 is 0 Å². The Bertz CT molecular complexity index is 1000. The van der Waals surface area contributed by atoms with Crippen LogP contribution in [0, 0.1) is 0 Å². The van der Waals surface area contributed by atoms with Gasteiger partial charge in [0.15, 0.2) is 5.82 Å². The van der Waals surface area contributed by atoms with Gasteiger partial charge in [0.05, 0.1) is 19.9 Å². The van der Waals surface area contributed by atoms with Crippen molar-refractivity contribution < 1.29 is 13.5 Å². The molecule has 11 heteroatoms. The first-order valence-electron chi connectivity index (χ1n) is 8.70. The molecule has 3 heterocycles. The number of nitrogen functional groups attached to an aromatic ring is 1. The maximum Gasteiger partial charge on any atom is 0.297 e. The van der Waals surface area contributed by atoms with E-state index in [1.807, 2.05) is 20.0 Å². The van der Waals surface area contributed by atoms with Crippen LogP contribution in [0.15, 0.2) is 30.7 Å². The molecule has 3 rings (SSSR count). The molecule has 0 bridgehead atoms. The summed E-state index contributed by atoms with van der Waals surface area (Å²) in [6.45, 7) is 4.37. The fraction of sp³-hybridized carbons (Fsp3) is 0.333. The number of anilines is 3. The maximum absolute atomic E-state index is 12.9. The maximum atomic E-state index is 12.9. The quantitative estimate of drug-likeness (QED) is 0.548. The lowest BCUT2D eigenvalue weighted by molar-refractivity contribution is 0.140. The average Bonchev–Trinajstić information content (AvgIpc) is 3.07. The highest BCUT2D eigenvalue weighted by molar-refractivity contribution is 5.71. The van der Waals surface area contributed by atoms with Crippen LogP contribution < -0.4 is 21.5 Å². The van der Waals surface area contributed by atoms with E-state index in [4.69, 9.17) is 16.2 Å². The summed E-state index contributed by atoms with van der Waals surface area (Å²) in [5.74, 6) is 0.237. The number of hydrogen-bond donors (Lipinski definition) is 3. The molecule has 0 saturated heterocycles. The lowest BCUT2D eigenvalue weighted by atomic mass is 10.1. The van der Waals surface area contributed by atoms with Crippen LogP contribution in [0.4, 0.5) is 26.2 Å². The number of nitrogens with one attached hydrogen (secondary N) is 1. The van der Waals surface area contributed by atoms with E-state index < -0.39 is 17.8 Å². The molecule has 0 atom stereocenters. The van der Waals surface area contributed by atoms with Crippen LogP contribution in [0.1, 0.15) is 26.1 Å². The molecule has 0 aliphatic rings. The molecule has 29 heavy (non-hydrogen) atoms. The molecule has 0 radical (unpaired) electrons. The Labute approximate surface area is 166 Å². The summed E-state index contributed by atoms with van der Waals surface area (Å²) >= 11 is 0. The lowest BCUT2D eigenvalue weighted by Gasteiger charge is -2.17. The summed E-state index contributed by atoms with van der Waals surface area (Å²) in [6, 6.07) is 2.96. The second-order valence-corrected chi connectivity index (χ2v) is 7.15. The van der Waals surface area contributed by atoms with E-state index in [2.05, 4.69) is 25.4 Å². The third kappa shape index (κ3) is 5.13. The van der Waals surface area contributed by atoms with Gasteiger partial charge in [-0.05, 0) is 13.8 Å². The van der Waals surface area contributed by atoms with Gasteiger partial charge >= 0.3 is 0 Å². The van der Waals surface area contributed by atoms with E-state index in [1.54, 1.807) is 23.1 Å². The minimum absolute atomic E-state index is 0.0726. The van der Waals surface area contributed by atoms with E-state index in [9.17, 15) is 8.78 Å². The van der Waals surface area contributed by atoms with Crippen molar-refractivity contribution in [1.29, 1.82) is 0 Å². The second-order valence-electron chi connectivity index (χ2n) is 7.15. The molecule has 0 aliphatic carbocycles. The van der Waals surface area contributed by atoms with Gasteiger partial charge in [-0.15, -0.1) is 0 Å². The van der Waals surface area contributed by atoms with E-state index in [0.717, 1.165) is 11.1 Å². The summed E-state index contributed by atoms with van der Waals surface area (Å²) in [4.78, 5) is 11.6. The molecule has 3 aromatic rings. The van der Waals surface area contributed by atoms with Crippen molar-refractivity contribution in [3.8, 4) is 16.9 Å². The van der Waals surface area contributed by atoms with E-state index in [0.29, 0.717) is 18.1 Å². The zero-order chi connectivity index (χ0) is 21.2. The van der Waals surface area contributed by atoms with Gasteiger partial charge in [0.25, 0.3) is 6.43 Å². The SMILES string of the molecule is COc1cc(Nc2cc(N)nc(C(F)F)n2)ncc1-c1cnn(CC(C)(C)N)c1. The molecule has 154 valence electrons. The molecule has 0 aliphatic heterocycles. The number of nitrogens with two attached hydrogens (primary N) is 2. The molecular weight excluding hydrogens is 382 g/mol. The number of ether oxygens (including phenoxy) is 1. The van der Waals surface area contributed by atoms with E-state index in [-0.39, 0.29) is 11.6 Å². The predicted molar refractivity (Wildman–Crippen MR) is 105 cm³/mol. The largest absolute Gasteiger partial charge is 0.496 e. The minimum atomic E-state index is -2.83. The summed E-state index contributed by atoms with van der Waals surface area (Å²) in [7, 11) is 1.52. The molecule has 0 saturated carbocycles. The molecule has 9 nitrogen and oxygen atoms in total. The Kier molecular flexibility index (Phi) is 5.59. The standard InChI is InChI=1S/C18H22F2N8O/c1-18(2,22)9-28-8-10(6-24-28)11-7-23-14(4-12(11)29-3)26-15-5-13(21)25-17(27-15)16(19)20/h4-8,16H,9,22H2,1-3H3,(H3,21,23,25,26,27). The Balaban J connectivity index is 1.86.